The van der Waals surface area contributed by atoms with Crippen molar-refractivity contribution in [1.82, 2.24) is 10.3 Å². The number of aliphatic carboxylic acids is 1. The van der Waals surface area contributed by atoms with Crippen molar-refractivity contribution in [2.75, 3.05) is 0 Å². The Bertz CT molecular complexity index is 617. The van der Waals surface area contributed by atoms with Gasteiger partial charge in [-0.1, -0.05) is 0 Å². The number of hydrogen-bond donors (Lipinski definition) is 2. The predicted molar refractivity (Wildman–Crippen MR) is 79.2 cm³/mol. The highest BCUT2D eigenvalue weighted by molar-refractivity contribution is 7.14. The Labute approximate surface area is 124 Å². The molecule has 0 bridgehead atoms. The quantitative estimate of drug-likeness (QED) is 0.890. The van der Waals surface area contributed by atoms with Gasteiger partial charge in [0, 0.05) is 21.9 Å². The molecule has 0 spiro atoms. The minimum atomic E-state index is -0.951. The van der Waals surface area contributed by atoms with Crippen LogP contribution in [0.2, 0.25) is 0 Å². The van der Waals surface area contributed by atoms with E-state index in [-0.39, 0.29) is 12.3 Å². The summed E-state index contributed by atoms with van der Waals surface area (Å²) in [6.45, 7) is 3.34. The van der Waals surface area contributed by atoms with Gasteiger partial charge < -0.3 is 10.4 Å². The molecule has 0 fully saturated rings. The summed E-state index contributed by atoms with van der Waals surface area (Å²) in [5.74, 6) is -1.30. The fourth-order valence-corrected chi connectivity index (χ4v) is 3.20. The van der Waals surface area contributed by atoms with Crippen LogP contribution in [0.15, 0.2) is 22.2 Å². The second-order valence-electron chi connectivity index (χ2n) is 4.96. The number of nitrogens with one attached hydrogen (secondary N) is 1. The van der Waals surface area contributed by atoms with Gasteiger partial charge in [-0.2, -0.15) is 11.3 Å². The molecule has 2 aromatic heterocycles. The third-order valence-electron chi connectivity index (χ3n) is 2.55. The van der Waals surface area contributed by atoms with E-state index in [0.717, 1.165) is 10.6 Å². The molecule has 0 atom stereocenters. The van der Waals surface area contributed by atoms with Gasteiger partial charge in [-0.05, 0) is 25.3 Å². The monoisotopic (exact) mass is 310 g/mol. The van der Waals surface area contributed by atoms with E-state index in [1.807, 2.05) is 16.8 Å². The summed E-state index contributed by atoms with van der Waals surface area (Å²) in [4.78, 5) is 27.1. The molecule has 0 radical (unpaired) electrons. The molecule has 0 saturated heterocycles. The minimum absolute atomic E-state index is 0.139. The second kappa shape index (κ2) is 5.72. The number of nitrogens with zero attached hydrogens (tertiary/aromatic N) is 1. The number of carboxylic acid groups (broad SMARTS) is 1. The molecule has 7 heteroatoms. The Hall–Kier alpha value is -1.73. The van der Waals surface area contributed by atoms with Crippen LogP contribution in [-0.4, -0.2) is 27.5 Å². The summed E-state index contributed by atoms with van der Waals surface area (Å²) in [6.07, 6.45) is -0.139. The smallest absolute Gasteiger partial charge is 0.305 e. The van der Waals surface area contributed by atoms with E-state index < -0.39 is 11.5 Å². The highest BCUT2D eigenvalue weighted by atomic mass is 32.1. The van der Waals surface area contributed by atoms with Gasteiger partial charge in [0.05, 0.1) is 6.42 Å². The molecular weight excluding hydrogens is 296 g/mol. The van der Waals surface area contributed by atoms with Crippen molar-refractivity contribution in [1.29, 1.82) is 0 Å². The molecule has 2 aromatic rings. The maximum atomic E-state index is 12.1. The number of thiazole rings is 1. The lowest BCUT2D eigenvalue weighted by Crippen LogP contribution is -2.45. The molecule has 1 amide bonds. The molecule has 5 nitrogen and oxygen atoms in total. The van der Waals surface area contributed by atoms with Gasteiger partial charge in [0.1, 0.15) is 10.7 Å². The first-order valence-electron chi connectivity index (χ1n) is 5.90. The number of rotatable bonds is 5. The Morgan fingerprint density at radius 3 is 2.75 bits per heavy atom. The topological polar surface area (TPSA) is 79.3 Å². The number of amides is 1. The van der Waals surface area contributed by atoms with E-state index in [1.165, 1.54) is 11.3 Å². The third kappa shape index (κ3) is 3.64. The molecule has 0 saturated carbocycles. The van der Waals surface area contributed by atoms with Gasteiger partial charge in [0.2, 0.25) is 0 Å². The van der Waals surface area contributed by atoms with Crippen molar-refractivity contribution < 1.29 is 14.7 Å². The lowest BCUT2D eigenvalue weighted by molar-refractivity contribution is -0.138. The molecule has 2 rings (SSSR count). The highest BCUT2D eigenvalue weighted by Crippen LogP contribution is 2.25. The largest absolute Gasteiger partial charge is 0.481 e. The lowest BCUT2D eigenvalue weighted by Gasteiger charge is -2.23. The van der Waals surface area contributed by atoms with Crippen molar-refractivity contribution in [2.24, 2.45) is 0 Å². The molecule has 0 aliphatic rings. The maximum Gasteiger partial charge on any atom is 0.305 e. The van der Waals surface area contributed by atoms with Gasteiger partial charge in [0.25, 0.3) is 5.91 Å². The lowest BCUT2D eigenvalue weighted by atomic mass is 10.0. The number of carbonyl (C=O) groups excluding carboxylic acids is 1. The Balaban J connectivity index is 2.09. The number of aromatic nitrogens is 1. The van der Waals surface area contributed by atoms with E-state index in [1.54, 1.807) is 30.6 Å². The minimum Gasteiger partial charge on any atom is -0.481 e. The maximum absolute atomic E-state index is 12.1. The van der Waals surface area contributed by atoms with Gasteiger partial charge in [-0.3, -0.25) is 9.59 Å². The van der Waals surface area contributed by atoms with E-state index in [9.17, 15) is 9.59 Å². The van der Waals surface area contributed by atoms with Crippen LogP contribution in [-0.2, 0) is 4.79 Å². The zero-order valence-corrected chi connectivity index (χ0v) is 12.7. The molecule has 0 unspecified atom stereocenters. The standard InChI is InChI=1S/C13H14N2O3S2/c1-13(2,5-10(16)17)15-11(18)9-7-20-12(14-9)8-3-4-19-6-8/h3-4,6-7H,5H2,1-2H3,(H,15,18)(H,16,17). The van der Waals surface area contributed by atoms with Crippen LogP contribution in [0.1, 0.15) is 30.8 Å². The Morgan fingerprint density at radius 2 is 2.15 bits per heavy atom. The molecule has 20 heavy (non-hydrogen) atoms. The molecular formula is C13H14N2O3S2. The SMILES string of the molecule is CC(C)(CC(=O)O)NC(=O)c1csc(-c2ccsc2)n1. The number of carbonyl (C=O) groups is 2. The van der Waals surface area contributed by atoms with Gasteiger partial charge in [-0.25, -0.2) is 4.98 Å². The normalized spacial score (nSPS) is 11.3. The van der Waals surface area contributed by atoms with Crippen LogP contribution in [0, 0.1) is 0 Å². The first-order valence-corrected chi connectivity index (χ1v) is 7.72. The second-order valence-corrected chi connectivity index (χ2v) is 6.60. The molecule has 0 aliphatic carbocycles. The molecule has 2 heterocycles. The molecule has 2 N–H and O–H groups in total. The van der Waals surface area contributed by atoms with Crippen molar-refractivity contribution in [3.8, 4) is 10.6 Å². The van der Waals surface area contributed by atoms with Gasteiger partial charge in [-0.15, -0.1) is 11.3 Å². The molecule has 0 aliphatic heterocycles. The van der Waals surface area contributed by atoms with Crippen molar-refractivity contribution >= 4 is 34.6 Å². The van der Waals surface area contributed by atoms with Gasteiger partial charge >= 0.3 is 5.97 Å². The average Bonchev–Trinajstić information content (AvgIpc) is 2.97. The fourth-order valence-electron chi connectivity index (χ4n) is 1.69. The number of hydrogen-bond acceptors (Lipinski definition) is 5. The van der Waals surface area contributed by atoms with E-state index in [4.69, 9.17) is 5.11 Å². The zero-order valence-electron chi connectivity index (χ0n) is 11.0. The first kappa shape index (κ1) is 14.7. The predicted octanol–water partition coefficient (Wildman–Crippen LogP) is 2.85. The summed E-state index contributed by atoms with van der Waals surface area (Å²) in [5, 5.41) is 17.9. The fraction of sp³-hybridized carbons (Fsp3) is 0.308. The Kier molecular flexibility index (Phi) is 4.20. The summed E-state index contributed by atoms with van der Waals surface area (Å²) in [6, 6.07) is 1.94. The number of carboxylic acids is 1. The van der Waals surface area contributed by atoms with Crippen molar-refractivity contribution in [3.05, 3.63) is 27.9 Å². The van der Waals surface area contributed by atoms with Crippen LogP contribution >= 0.6 is 22.7 Å². The van der Waals surface area contributed by atoms with Crippen molar-refractivity contribution in [2.45, 2.75) is 25.8 Å². The van der Waals surface area contributed by atoms with Crippen molar-refractivity contribution in [3.63, 3.8) is 0 Å². The van der Waals surface area contributed by atoms with Crippen LogP contribution in [0.3, 0.4) is 0 Å². The summed E-state index contributed by atoms with van der Waals surface area (Å²) in [5.41, 5.74) is 0.494. The van der Waals surface area contributed by atoms with Crippen LogP contribution < -0.4 is 5.32 Å². The summed E-state index contributed by atoms with van der Waals surface area (Å²) >= 11 is 2.96. The first-order chi connectivity index (χ1) is 9.37. The molecule has 106 valence electrons. The van der Waals surface area contributed by atoms with E-state index >= 15 is 0 Å². The average molecular weight is 310 g/mol. The van der Waals surface area contributed by atoms with Crippen LogP contribution in [0.25, 0.3) is 10.6 Å². The van der Waals surface area contributed by atoms with Gasteiger partial charge in [0.15, 0.2) is 0 Å². The molecule has 0 aromatic carbocycles. The van der Waals surface area contributed by atoms with Crippen LogP contribution in [0.4, 0.5) is 0 Å². The third-order valence-corrected chi connectivity index (χ3v) is 4.12. The zero-order chi connectivity index (χ0) is 14.8. The number of thiophene rings is 1. The summed E-state index contributed by atoms with van der Waals surface area (Å²) in [7, 11) is 0. The highest BCUT2D eigenvalue weighted by Gasteiger charge is 2.25. The van der Waals surface area contributed by atoms with E-state index in [0.29, 0.717) is 5.69 Å². The summed E-state index contributed by atoms with van der Waals surface area (Å²) < 4.78 is 0. The van der Waals surface area contributed by atoms with E-state index in [2.05, 4.69) is 10.3 Å². The Morgan fingerprint density at radius 1 is 1.40 bits per heavy atom. The van der Waals surface area contributed by atoms with Crippen LogP contribution in [0.5, 0.6) is 0 Å².